The molecule has 0 atom stereocenters. The molecule has 0 fully saturated rings. The Kier molecular flexibility index (Phi) is 11.3. The van der Waals surface area contributed by atoms with Gasteiger partial charge in [-0.2, -0.15) is 11.3 Å². The summed E-state index contributed by atoms with van der Waals surface area (Å²) in [6, 6.07) is 37.7. The Morgan fingerprint density at radius 1 is 0.785 bits per heavy atom. The maximum absolute atomic E-state index is 8.60. The van der Waals surface area contributed by atoms with Crippen LogP contribution in [0.2, 0.25) is 17.3 Å². The van der Waals surface area contributed by atoms with Crippen molar-refractivity contribution in [2.24, 2.45) is 5.92 Å². The largest absolute Gasteiger partial charge is 0.333 e. The van der Waals surface area contributed by atoms with Gasteiger partial charge in [-0.1, -0.05) is 95.3 Å². The van der Waals surface area contributed by atoms with Crippen LogP contribution in [0.3, 0.4) is 0 Å². The Balaban J connectivity index is 0.000000247. The van der Waals surface area contributed by atoms with Gasteiger partial charge in [0.25, 0.3) is 0 Å². The van der Waals surface area contributed by atoms with E-state index in [0.717, 1.165) is 58.0 Å². The number of para-hydroxylation sites is 2. The number of fused-ring (bicyclic) bond motifs is 5. The van der Waals surface area contributed by atoms with Crippen LogP contribution in [-0.2, 0) is 31.9 Å². The molecule has 9 aromatic rings. The molecule has 0 bridgehead atoms. The number of hydrogen-bond acceptors (Lipinski definition) is 4. The third-order valence-corrected chi connectivity index (χ3v) is 17.1. The molecule has 5 aromatic carbocycles. The van der Waals surface area contributed by atoms with Gasteiger partial charge < -0.3 is 4.57 Å². The van der Waals surface area contributed by atoms with Gasteiger partial charge in [0.1, 0.15) is 4.83 Å². The number of nitrogens with zero attached hydrogens (tertiary/aromatic N) is 4. The first-order valence-electron chi connectivity index (χ1n) is 26.3. The Morgan fingerprint density at radius 3 is 2.12 bits per heavy atom. The van der Waals surface area contributed by atoms with Crippen LogP contribution in [0.1, 0.15) is 118 Å². The van der Waals surface area contributed by atoms with Crippen LogP contribution in [0.4, 0.5) is 0 Å². The van der Waals surface area contributed by atoms with Crippen LogP contribution in [0.15, 0.2) is 103 Å². The van der Waals surface area contributed by atoms with Crippen molar-refractivity contribution in [1.29, 1.82) is 0 Å². The van der Waals surface area contributed by atoms with Crippen molar-refractivity contribution < 1.29 is 31.1 Å². The molecule has 9 rings (SSSR count). The Labute approximate surface area is 419 Å². The first-order chi connectivity index (χ1) is 33.5. The van der Waals surface area contributed by atoms with Gasteiger partial charge in [0.2, 0.25) is 0 Å². The quantitative estimate of drug-likeness (QED) is 0.112. The van der Waals surface area contributed by atoms with Gasteiger partial charge in [-0.3, -0.25) is 4.98 Å². The molecule has 0 aliphatic heterocycles. The standard InChI is InChI=1S/C39H38N3S.C19H26GeN.Ir/c1-22(2)29-20-26(39(6,7)8)21-30(23(3)4)35(29)42-34-15-10-9-14-33(34)40-37(42)28-13-11-12-27-31-19-25-18-24(5)16-17-32(25)41-38(31)43-36(27)28;1-14(2)11-17-12-19(16-9-7-15(3)8-10-16)21-13-18(17)20(4,5)6;/h9-12,14-23H,1-8H3;7-9,12-14H,11H2,1-6H3;/q2*-1;/i5D3;3D3,11D2;. The molecule has 337 valence electrons. The van der Waals surface area contributed by atoms with Gasteiger partial charge >= 0.3 is 139 Å². The number of aryl methyl sites for hydroxylation is 2. The maximum atomic E-state index is 8.60. The van der Waals surface area contributed by atoms with E-state index in [1.54, 1.807) is 35.6 Å². The molecule has 0 saturated carbocycles. The van der Waals surface area contributed by atoms with Crippen molar-refractivity contribution in [2.75, 3.05) is 0 Å². The second-order valence-corrected chi connectivity index (χ2v) is 31.5. The van der Waals surface area contributed by atoms with E-state index in [1.165, 1.54) is 28.4 Å². The molecule has 4 heterocycles. The number of rotatable bonds is 8. The minimum atomic E-state index is -2.32. The molecule has 0 aliphatic rings. The summed E-state index contributed by atoms with van der Waals surface area (Å²) in [6.07, 6.45) is 0.362. The third-order valence-electron chi connectivity index (χ3n) is 11.7. The molecular weight excluding hydrogens is 1050 g/mol. The van der Waals surface area contributed by atoms with Crippen molar-refractivity contribution in [1.82, 2.24) is 19.5 Å². The predicted molar refractivity (Wildman–Crippen MR) is 280 cm³/mol. The zero-order chi connectivity index (χ0) is 52.6. The van der Waals surface area contributed by atoms with Crippen LogP contribution < -0.4 is 4.40 Å². The van der Waals surface area contributed by atoms with E-state index < -0.39 is 33.3 Å². The number of thiophene rings is 1. The molecule has 1 radical (unpaired) electrons. The fourth-order valence-corrected chi connectivity index (χ4v) is 12.5. The molecule has 65 heavy (non-hydrogen) atoms. The summed E-state index contributed by atoms with van der Waals surface area (Å²) in [6.45, 7) is 15.4. The molecular formula is C58H64GeIrN4S-2. The average Bonchev–Trinajstić information content (AvgIpc) is 3.87. The normalized spacial score (nSPS) is 14.6. The van der Waals surface area contributed by atoms with E-state index in [4.69, 9.17) is 20.9 Å². The fourth-order valence-electron chi connectivity index (χ4n) is 8.38. The summed E-state index contributed by atoms with van der Waals surface area (Å²) in [4.78, 5) is 15.8. The zero-order valence-corrected chi connectivity index (χ0v) is 44.9. The average molecular weight is 1120 g/mol. The van der Waals surface area contributed by atoms with Crippen molar-refractivity contribution in [2.45, 2.75) is 117 Å². The van der Waals surface area contributed by atoms with Crippen molar-refractivity contribution in [3.63, 3.8) is 0 Å². The van der Waals surface area contributed by atoms with Crippen LogP contribution in [0.5, 0.6) is 0 Å². The summed E-state index contributed by atoms with van der Waals surface area (Å²) in [5.74, 6) is 7.98. The van der Waals surface area contributed by atoms with Gasteiger partial charge in [0.05, 0.1) is 22.4 Å². The van der Waals surface area contributed by atoms with Crippen molar-refractivity contribution in [3.8, 4) is 28.3 Å². The molecule has 0 saturated heterocycles. The minimum Gasteiger partial charge on any atom is -0.333 e. The molecule has 0 spiro atoms. The van der Waals surface area contributed by atoms with Crippen molar-refractivity contribution in [3.05, 3.63) is 149 Å². The molecule has 7 heteroatoms. The number of pyridine rings is 2. The van der Waals surface area contributed by atoms with Gasteiger partial charge in [-0.25, -0.2) is 4.98 Å². The maximum Gasteiger partial charge on any atom is 0.114 e. The molecule has 4 aromatic heterocycles. The molecule has 0 aliphatic carbocycles. The second kappa shape index (κ2) is 19.0. The first-order valence-corrected chi connectivity index (χ1v) is 30.5. The molecule has 0 N–H and O–H groups in total. The summed E-state index contributed by atoms with van der Waals surface area (Å²) in [7, 11) is 0. The van der Waals surface area contributed by atoms with Gasteiger partial charge in [0, 0.05) is 40.7 Å². The number of aromatic nitrogens is 4. The van der Waals surface area contributed by atoms with E-state index in [0.29, 0.717) is 34.2 Å². The van der Waals surface area contributed by atoms with Gasteiger partial charge in [0.15, 0.2) is 0 Å². The number of hydrogen-bond donors (Lipinski definition) is 0. The fraction of sp³-hybridized carbons (Fsp3) is 0.328. The minimum absolute atomic E-state index is 0. The van der Waals surface area contributed by atoms with Gasteiger partial charge in [-0.15, -0.1) is 18.2 Å². The Hall–Kier alpha value is -4.46. The summed E-state index contributed by atoms with van der Waals surface area (Å²) in [5, 5.41) is 2.90. The zero-order valence-electron chi connectivity index (χ0n) is 47.6. The van der Waals surface area contributed by atoms with Gasteiger partial charge in [-0.05, 0) is 75.8 Å². The SMILES string of the molecule is [2H]C([2H])([2H])c1c[c-]c(-c2cc(C([2H])([2H])C(C)C)[c]([Ge]([CH3])([CH3])[CH3])cn2)cc1.[2H]C([2H])([2H])c1ccc2nc3sc4c(-c5nc6ccccc6n5-c5c(C(C)C)cc(C(C)(C)C)cc5C(C)C)[c-]ccc4c3cc2c1.[Ir]. The number of benzene rings is 5. The van der Waals surface area contributed by atoms with Crippen LogP contribution in [0, 0.1) is 31.8 Å². The third kappa shape index (κ3) is 9.98. The van der Waals surface area contributed by atoms with Crippen LogP contribution in [-0.4, -0.2) is 32.8 Å². The van der Waals surface area contributed by atoms with E-state index in [-0.39, 0.29) is 37.0 Å². The Bertz CT molecular complexity index is 3460. The molecule has 0 unspecified atom stereocenters. The van der Waals surface area contributed by atoms with E-state index >= 15 is 0 Å². The summed E-state index contributed by atoms with van der Waals surface area (Å²) in [5.41, 5.74) is 11.5. The van der Waals surface area contributed by atoms with Crippen LogP contribution in [0.25, 0.3) is 70.6 Å². The molecule has 4 nitrogen and oxygen atoms in total. The smallest absolute Gasteiger partial charge is 0.114 e. The Morgan fingerprint density at radius 2 is 1.49 bits per heavy atom. The molecule has 0 amide bonds. The summed E-state index contributed by atoms with van der Waals surface area (Å²) < 4.78 is 67.8. The van der Waals surface area contributed by atoms with E-state index in [9.17, 15) is 0 Å². The van der Waals surface area contributed by atoms with Crippen LogP contribution >= 0.6 is 11.3 Å². The van der Waals surface area contributed by atoms with E-state index in [1.807, 2.05) is 44.3 Å². The summed E-state index contributed by atoms with van der Waals surface area (Å²) >= 11 is -0.676. The monoisotopic (exact) mass is 1120 g/mol. The van der Waals surface area contributed by atoms with E-state index in [2.05, 4.69) is 130 Å². The topological polar surface area (TPSA) is 43.6 Å². The second-order valence-electron chi connectivity index (χ2n) is 19.9. The number of imidazole rings is 1. The van der Waals surface area contributed by atoms with Crippen molar-refractivity contribution >= 4 is 71.2 Å². The first kappa shape index (κ1) is 38.6. The predicted octanol–water partition coefficient (Wildman–Crippen LogP) is 15.9.